The van der Waals surface area contributed by atoms with Crippen molar-refractivity contribution >= 4 is 34.8 Å². The topological polar surface area (TPSA) is 13.1 Å². The second kappa shape index (κ2) is 7.92. The number of hydrogen-bond donors (Lipinski definition) is 0. The van der Waals surface area contributed by atoms with E-state index in [0.29, 0.717) is 11.3 Å². The van der Waals surface area contributed by atoms with Gasteiger partial charge in [0.25, 0.3) is 0 Å². The Kier molecular flexibility index (Phi) is 5.22. The summed E-state index contributed by atoms with van der Waals surface area (Å²) in [6.07, 6.45) is 7.37. The zero-order chi connectivity index (χ0) is 25.6. The number of pyridine rings is 1. The first-order valence-corrected chi connectivity index (χ1v) is 17.2. The highest BCUT2D eigenvalue weighted by Gasteiger charge is 2.35. The zero-order valence-electron chi connectivity index (χ0n) is 23.3. The van der Waals surface area contributed by atoms with Crippen LogP contribution in [-0.2, 0) is 7.05 Å². The average molecular weight is 495 g/mol. The van der Waals surface area contributed by atoms with Gasteiger partial charge in [-0.3, -0.25) is 0 Å². The average Bonchev–Trinajstić information content (AvgIpc) is 2.83. The Morgan fingerprint density at radius 3 is 2.36 bits per heavy atom. The monoisotopic (exact) mass is 494 g/mol. The van der Waals surface area contributed by atoms with Crippen molar-refractivity contribution in [3.05, 3.63) is 59.3 Å². The molecule has 1 fully saturated rings. The van der Waals surface area contributed by atoms with E-state index < -0.39 is 8.07 Å². The lowest BCUT2D eigenvalue weighted by atomic mass is 9.71. The minimum absolute atomic E-state index is 0.474. The summed E-state index contributed by atoms with van der Waals surface area (Å²) in [5.41, 5.74) is 7.10. The van der Waals surface area contributed by atoms with Crippen LogP contribution in [0.3, 0.4) is 0 Å². The minimum Gasteiger partial charge on any atom is -0.455 e. The van der Waals surface area contributed by atoms with Gasteiger partial charge in [0.1, 0.15) is 18.5 Å². The summed E-state index contributed by atoms with van der Waals surface area (Å²) in [5, 5.41) is 6.88. The van der Waals surface area contributed by atoms with Crippen molar-refractivity contribution < 1.29 is 9.30 Å². The molecule has 2 nitrogen and oxygen atoms in total. The zero-order valence-corrected chi connectivity index (χ0v) is 24.3. The summed E-state index contributed by atoms with van der Waals surface area (Å²) in [4.78, 5) is 0. The van der Waals surface area contributed by atoms with Crippen molar-refractivity contribution in [1.82, 2.24) is 0 Å². The molecule has 0 atom stereocenters. The predicted molar refractivity (Wildman–Crippen MR) is 156 cm³/mol. The molecule has 1 saturated carbocycles. The van der Waals surface area contributed by atoms with Crippen LogP contribution >= 0.6 is 0 Å². The van der Waals surface area contributed by atoms with Crippen LogP contribution in [0.2, 0.25) is 19.6 Å². The van der Waals surface area contributed by atoms with Gasteiger partial charge in [-0.05, 0) is 84.2 Å². The number of fused-ring (bicyclic) bond motifs is 3. The van der Waals surface area contributed by atoms with E-state index in [1.807, 2.05) is 0 Å². The van der Waals surface area contributed by atoms with Crippen molar-refractivity contribution in [3.63, 3.8) is 0 Å². The third-order valence-corrected chi connectivity index (χ3v) is 11.1. The highest BCUT2D eigenvalue weighted by atomic mass is 28.3. The SMILES string of the molecule is Cc1c2c(c(C)c3c([Si](C)(C)C)cccc13)Oc1cc(C3CCC(C)(C)CC3)cc3cc[n+](C)c-2c13. The molecule has 6 rings (SSSR count). The first-order valence-electron chi connectivity index (χ1n) is 13.7. The summed E-state index contributed by atoms with van der Waals surface area (Å²) < 4.78 is 9.27. The summed E-state index contributed by atoms with van der Waals surface area (Å²) in [6, 6.07) is 14.0. The highest BCUT2D eigenvalue weighted by Crippen LogP contribution is 2.52. The first kappa shape index (κ1) is 23.7. The van der Waals surface area contributed by atoms with Crippen LogP contribution in [0, 0.1) is 19.3 Å². The van der Waals surface area contributed by atoms with Gasteiger partial charge in [-0.1, -0.05) is 62.9 Å². The smallest absolute Gasteiger partial charge is 0.228 e. The number of aryl methyl sites for hydroxylation is 3. The van der Waals surface area contributed by atoms with Crippen molar-refractivity contribution in [1.29, 1.82) is 0 Å². The van der Waals surface area contributed by atoms with Crippen LogP contribution < -0.4 is 14.5 Å². The molecule has 0 saturated heterocycles. The third-order valence-electron chi connectivity index (χ3n) is 9.08. The number of benzene rings is 3. The predicted octanol–water partition coefficient (Wildman–Crippen LogP) is 8.44. The first-order chi connectivity index (χ1) is 17.0. The maximum absolute atomic E-state index is 6.97. The lowest BCUT2D eigenvalue weighted by Gasteiger charge is -2.35. The molecule has 0 radical (unpaired) electrons. The summed E-state index contributed by atoms with van der Waals surface area (Å²) in [5.74, 6) is 2.72. The van der Waals surface area contributed by atoms with Crippen LogP contribution in [0.4, 0.5) is 0 Å². The van der Waals surface area contributed by atoms with E-state index in [1.165, 1.54) is 80.4 Å². The Bertz CT molecular complexity index is 1550. The summed E-state index contributed by atoms with van der Waals surface area (Å²) in [7, 11) is 0.650. The van der Waals surface area contributed by atoms with Gasteiger partial charge >= 0.3 is 0 Å². The lowest BCUT2D eigenvalue weighted by Crippen LogP contribution is -2.38. The fourth-order valence-corrected chi connectivity index (χ4v) is 8.53. The molecule has 0 amide bonds. The quantitative estimate of drug-likeness (QED) is 0.177. The number of hydrogen-bond acceptors (Lipinski definition) is 1. The molecule has 0 unspecified atom stereocenters. The molecule has 0 bridgehead atoms. The molecule has 2 aliphatic rings. The lowest BCUT2D eigenvalue weighted by molar-refractivity contribution is -0.659. The third kappa shape index (κ3) is 3.54. The molecule has 0 N–H and O–H groups in total. The summed E-state index contributed by atoms with van der Waals surface area (Å²) in [6.45, 7) is 16.8. The van der Waals surface area contributed by atoms with Crippen LogP contribution in [0.5, 0.6) is 11.5 Å². The standard InChI is InChI=1S/C33H40NOSi/c1-20-25-10-9-11-27(36(6,7)8)28(25)21(2)32-29(20)31-30-23(14-17-34(31)5)18-24(19-26(30)35-32)22-12-15-33(3,4)16-13-22/h9-11,14,17-19,22H,12-13,15-16H2,1-8H3/q+1. The molecule has 3 heteroatoms. The molecule has 4 aromatic rings. The van der Waals surface area contributed by atoms with Gasteiger partial charge in [0.2, 0.25) is 5.69 Å². The van der Waals surface area contributed by atoms with E-state index in [2.05, 4.69) is 102 Å². The fraction of sp³-hybridized carbons (Fsp3) is 0.424. The molecule has 1 aliphatic carbocycles. The number of rotatable bonds is 2. The Balaban J connectivity index is 1.62. The molecule has 36 heavy (non-hydrogen) atoms. The fourth-order valence-electron chi connectivity index (χ4n) is 6.86. The number of nitrogens with zero attached hydrogens (tertiary/aromatic N) is 1. The van der Waals surface area contributed by atoms with Gasteiger partial charge in [-0.2, -0.15) is 0 Å². The van der Waals surface area contributed by atoms with E-state index in [-0.39, 0.29) is 0 Å². The molecular formula is C33H40NOSi+. The van der Waals surface area contributed by atoms with Gasteiger partial charge in [0, 0.05) is 11.6 Å². The van der Waals surface area contributed by atoms with E-state index in [1.54, 1.807) is 0 Å². The normalized spacial score (nSPS) is 17.3. The van der Waals surface area contributed by atoms with E-state index >= 15 is 0 Å². The molecule has 2 heterocycles. The van der Waals surface area contributed by atoms with Crippen LogP contribution in [0.25, 0.3) is 32.8 Å². The van der Waals surface area contributed by atoms with Gasteiger partial charge < -0.3 is 4.74 Å². The van der Waals surface area contributed by atoms with Crippen molar-refractivity contribution in [2.45, 2.75) is 78.9 Å². The van der Waals surface area contributed by atoms with Gasteiger partial charge in [-0.15, -0.1) is 0 Å². The molecule has 3 aromatic carbocycles. The van der Waals surface area contributed by atoms with Crippen LogP contribution in [0.15, 0.2) is 42.6 Å². The van der Waals surface area contributed by atoms with Crippen molar-refractivity contribution in [2.24, 2.45) is 12.5 Å². The second-order valence-electron chi connectivity index (χ2n) is 13.2. The number of ether oxygens (including phenoxy) is 1. The van der Waals surface area contributed by atoms with E-state index in [4.69, 9.17) is 4.74 Å². The van der Waals surface area contributed by atoms with Gasteiger partial charge in [0.05, 0.1) is 19.0 Å². The van der Waals surface area contributed by atoms with Crippen molar-refractivity contribution in [2.75, 3.05) is 0 Å². The Hall–Kier alpha value is -2.65. The van der Waals surface area contributed by atoms with Crippen LogP contribution in [0.1, 0.15) is 62.1 Å². The van der Waals surface area contributed by atoms with Gasteiger partial charge in [0.15, 0.2) is 6.20 Å². The maximum atomic E-state index is 6.97. The number of aromatic nitrogens is 1. The van der Waals surface area contributed by atoms with Crippen molar-refractivity contribution in [3.8, 4) is 22.8 Å². The largest absolute Gasteiger partial charge is 0.455 e. The molecule has 186 valence electrons. The Morgan fingerprint density at radius 1 is 0.944 bits per heavy atom. The maximum Gasteiger partial charge on any atom is 0.228 e. The summed E-state index contributed by atoms with van der Waals surface area (Å²) >= 11 is 0. The Labute approximate surface area is 217 Å². The van der Waals surface area contributed by atoms with E-state index in [0.717, 1.165) is 11.5 Å². The second-order valence-corrected chi connectivity index (χ2v) is 18.3. The molecular weight excluding hydrogens is 454 g/mol. The van der Waals surface area contributed by atoms with E-state index in [9.17, 15) is 0 Å². The minimum atomic E-state index is -1.53. The molecule has 1 aromatic heterocycles. The molecule has 0 spiro atoms. The van der Waals surface area contributed by atoms with Crippen LogP contribution in [-0.4, -0.2) is 8.07 Å². The van der Waals surface area contributed by atoms with Gasteiger partial charge in [-0.25, -0.2) is 4.57 Å². The Morgan fingerprint density at radius 2 is 1.67 bits per heavy atom. The highest BCUT2D eigenvalue weighted by molar-refractivity contribution is 6.90. The molecule has 1 aliphatic heterocycles.